The van der Waals surface area contributed by atoms with Crippen LogP contribution in [0.5, 0.6) is 5.75 Å². The summed E-state index contributed by atoms with van der Waals surface area (Å²) in [6, 6.07) is 6.28. The molecule has 5 nitrogen and oxygen atoms in total. The summed E-state index contributed by atoms with van der Waals surface area (Å²) >= 11 is 0. The summed E-state index contributed by atoms with van der Waals surface area (Å²) in [5.41, 5.74) is 2.34. The van der Waals surface area contributed by atoms with Crippen LogP contribution in [0.4, 0.5) is 0 Å². The summed E-state index contributed by atoms with van der Waals surface area (Å²) in [5.74, 6) is 2.63. The highest BCUT2D eigenvalue weighted by Crippen LogP contribution is 2.19. The van der Waals surface area contributed by atoms with Gasteiger partial charge < -0.3 is 20.3 Å². The molecule has 1 unspecified atom stereocenters. The largest absolute Gasteiger partial charge is 0.496 e. The van der Waals surface area contributed by atoms with Crippen LogP contribution in [0.3, 0.4) is 0 Å². The quantitative estimate of drug-likeness (QED) is 0.253. The van der Waals surface area contributed by atoms with E-state index in [2.05, 4.69) is 52.6 Å². The summed E-state index contributed by atoms with van der Waals surface area (Å²) in [6.07, 6.45) is 5.16. The molecule has 0 amide bonds. The van der Waals surface area contributed by atoms with Crippen LogP contribution >= 0.6 is 24.0 Å². The van der Waals surface area contributed by atoms with Gasteiger partial charge in [0.15, 0.2) is 5.96 Å². The number of piperidine rings is 1. The van der Waals surface area contributed by atoms with Gasteiger partial charge in [-0.05, 0) is 63.2 Å². The van der Waals surface area contributed by atoms with Crippen LogP contribution in [-0.4, -0.2) is 51.2 Å². The zero-order chi connectivity index (χ0) is 18.8. The van der Waals surface area contributed by atoms with E-state index in [4.69, 9.17) is 4.74 Å². The minimum atomic E-state index is 0. The molecule has 0 saturated carbocycles. The second kappa shape index (κ2) is 13.2. The molecule has 0 radical (unpaired) electrons. The van der Waals surface area contributed by atoms with Crippen molar-refractivity contribution in [3.05, 3.63) is 29.3 Å². The molecule has 1 heterocycles. The Balaban J connectivity index is 0.00000364. The molecule has 1 aromatic rings. The standard InChI is InChI=1S/C21H36N4O.HI/c1-17-9-10-19(20(14-17)26-4)15-24-21(22-3)23-11-5-6-12-25-13-7-8-18(2)16-25;/h9-10,14,18H,5-8,11-13,15-16H2,1-4H3,(H2,22,23,24);1H. The van der Waals surface area contributed by atoms with Gasteiger partial charge in [0.1, 0.15) is 5.75 Å². The average Bonchev–Trinajstić information content (AvgIpc) is 2.64. The first-order valence-corrected chi connectivity index (χ1v) is 9.92. The summed E-state index contributed by atoms with van der Waals surface area (Å²) in [6.45, 7) is 9.87. The number of likely N-dealkylation sites (tertiary alicyclic amines) is 1. The van der Waals surface area contributed by atoms with Crippen molar-refractivity contribution < 1.29 is 4.74 Å². The molecule has 1 aliphatic heterocycles. The topological polar surface area (TPSA) is 48.9 Å². The van der Waals surface area contributed by atoms with Crippen molar-refractivity contribution >= 4 is 29.9 Å². The summed E-state index contributed by atoms with van der Waals surface area (Å²) in [7, 11) is 3.53. The summed E-state index contributed by atoms with van der Waals surface area (Å²) in [5, 5.41) is 6.79. The Kier molecular flexibility index (Phi) is 11.7. The van der Waals surface area contributed by atoms with Crippen LogP contribution in [0.1, 0.15) is 43.7 Å². The van der Waals surface area contributed by atoms with Gasteiger partial charge in [-0.2, -0.15) is 0 Å². The third kappa shape index (κ3) is 8.68. The normalized spacial score (nSPS) is 17.9. The number of hydrogen-bond acceptors (Lipinski definition) is 3. The number of methoxy groups -OCH3 is 1. The van der Waals surface area contributed by atoms with E-state index in [0.717, 1.165) is 29.7 Å². The van der Waals surface area contributed by atoms with Crippen LogP contribution in [0, 0.1) is 12.8 Å². The highest BCUT2D eigenvalue weighted by Gasteiger charge is 2.15. The minimum absolute atomic E-state index is 0. The van der Waals surface area contributed by atoms with Gasteiger partial charge in [0.2, 0.25) is 0 Å². The first-order valence-electron chi connectivity index (χ1n) is 9.92. The number of ether oxygens (including phenoxy) is 1. The third-order valence-electron chi connectivity index (χ3n) is 5.05. The fourth-order valence-electron chi connectivity index (χ4n) is 3.55. The molecule has 1 atom stereocenters. The maximum Gasteiger partial charge on any atom is 0.191 e. The number of hydrogen-bond donors (Lipinski definition) is 2. The Morgan fingerprint density at radius 1 is 1.30 bits per heavy atom. The molecule has 0 bridgehead atoms. The molecule has 0 aliphatic carbocycles. The molecule has 1 aliphatic rings. The summed E-state index contributed by atoms with van der Waals surface area (Å²) in [4.78, 5) is 6.93. The predicted octanol–water partition coefficient (Wildman–Crippen LogP) is 3.80. The lowest BCUT2D eigenvalue weighted by Gasteiger charge is -2.30. The molecular weight excluding hydrogens is 451 g/mol. The zero-order valence-electron chi connectivity index (χ0n) is 17.4. The number of halogens is 1. The van der Waals surface area contributed by atoms with E-state index in [1.54, 1.807) is 7.11 Å². The Morgan fingerprint density at radius 2 is 2.11 bits per heavy atom. The monoisotopic (exact) mass is 488 g/mol. The molecule has 2 rings (SSSR count). The maximum atomic E-state index is 5.47. The smallest absolute Gasteiger partial charge is 0.191 e. The number of aryl methyl sites for hydroxylation is 1. The van der Waals surface area contributed by atoms with Gasteiger partial charge >= 0.3 is 0 Å². The molecule has 6 heteroatoms. The second-order valence-electron chi connectivity index (χ2n) is 7.42. The van der Waals surface area contributed by atoms with Crippen LogP contribution in [-0.2, 0) is 6.54 Å². The van der Waals surface area contributed by atoms with Crippen LogP contribution < -0.4 is 15.4 Å². The van der Waals surface area contributed by atoms with Gasteiger partial charge in [-0.15, -0.1) is 24.0 Å². The fraction of sp³-hybridized carbons (Fsp3) is 0.667. The minimum Gasteiger partial charge on any atom is -0.496 e. The van der Waals surface area contributed by atoms with Crippen molar-refractivity contribution in [1.82, 2.24) is 15.5 Å². The van der Waals surface area contributed by atoms with E-state index in [0.29, 0.717) is 6.54 Å². The number of rotatable bonds is 8. The van der Waals surface area contributed by atoms with Crippen LogP contribution in [0.25, 0.3) is 0 Å². The molecule has 1 saturated heterocycles. The number of unbranched alkanes of at least 4 members (excludes halogenated alkanes) is 1. The van der Waals surface area contributed by atoms with Gasteiger partial charge in [-0.3, -0.25) is 4.99 Å². The number of benzene rings is 1. The number of aliphatic imine (C=N–C) groups is 1. The fourth-order valence-corrected chi connectivity index (χ4v) is 3.55. The second-order valence-corrected chi connectivity index (χ2v) is 7.42. The van der Waals surface area contributed by atoms with Crippen molar-refractivity contribution in [3.63, 3.8) is 0 Å². The number of guanidine groups is 1. The Morgan fingerprint density at radius 3 is 2.81 bits per heavy atom. The lowest BCUT2D eigenvalue weighted by Crippen LogP contribution is -2.38. The SMILES string of the molecule is CN=C(NCCCCN1CCCC(C)C1)NCc1ccc(C)cc1OC.I. The van der Waals surface area contributed by atoms with Gasteiger partial charge in [-0.25, -0.2) is 0 Å². The van der Waals surface area contributed by atoms with Crippen molar-refractivity contribution in [2.45, 2.75) is 46.1 Å². The van der Waals surface area contributed by atoms with E-state index >= 15 is 0 Å². The Hall–Kier alpha value is -1.02. The average molecular weight is 488 g/mol. The first-order chi connectivity index (χ1) is 12.6. The Labute approximate surface area is 182 Å². The lowest BCUT2D eigenvalue weighted by molar-refractivity contribution is 0.181. The molecule has 154 valence electrons. The maximum absolute atomic E-state index is 5.47. The lowest BCUT2D eigenvalue weighted by atomic mass is 10.0. The van der Waals surface area contributed by atoms with Crippen molar-refractivity contribution in [2.75, 3.05) is 40.3 Å². The van der Waals surface area contributed by atoms with Gasteiger partial charge in [-0.1, -0.05) is 19.1 Å². The molecule has 1 aromatic carbocycles. The van der Waals surface area contributed by atoms with Gasteiger partial charge in [0.25, 0.3) is 0 Å². The molecular formula is C21H37IN4O. The van der Waals surface area contributed by atoms with E-state index in [1.807, 2.05) is 7.05 Å². The van der Waals surface area contributed by atoms with E-state index in [-0.39, 0.29) is 24.0 Å². The zero-order valence-corrected chi connectivity index (χ0v) is 19.7. The van der Waals surface area contributed by atoms with Crippen molar-refractivity contribution in [2.24, 2.45) is 10.9 Å². The van der Waals surface area contributed by atoms with Crippen molar-refractivity contribution in [3.8, 4) is 5.75 Å². The van der Waals surface area contributed by atoms with Gasteiger partial charge in [0, 0.05) is 32.2 Å². The number of nitrogens with zero attached hydrogens (tertiary/aromatic N) is 2. The van der Waals surface area contributed by atoms with E-state index in [1.165, 1.54) is 50.9 Å². The molecule has 2 N–H and O–H groups in total. The molecule has 0 spiro atoms. The summed E-state index contributed by atoms with van der Waals surface area (Å²) < 4.78 is 5.47. The first kappa shape index (κ1) is 24.0. The van der Waals surface area contributed by atoms with Crippen LogP contribution in [0.2, 0.25) is 0 Å². The number of nitrogens with one attached hydrogen (secondary N) is 2. The van der Waals surface area contributed by atoms with Gasteiger partial charge in [0.05, 0.1) is 7.11 Å². The molecule has 27 heavy (non-hydrogen) atoms. The molecule has 1 fully saturated rings. The Bertz CT molecular complexity index is 579. The van der Waals surface area contributed by atoms with E-state index in [9.17, 15) is 0 Å². The highest BCUT2D eigenvalue weighted by atomic mass is 127. The third-order valence-corrected chi connectivity index (χ3v) is 5.05. The van der Waals surface area contributed by atoms with Crippen molar-refractivity contribution in [1.29, 1.82) is 0 Å². The predicted molar refractivity (Wildman–Crippen MR) is 125 cm³/mol. The molecule has 0 aromatic heterocycles. The van der Waals surface area contributed by atoms with Crippen LogP contribution in [0.15, 0.2) is 23.2 Å². The highest BCUT2D eigenvalue weighted by molar-refractivity contribution is 14.0. The van der Waals surface area contributed by atoms with E-state index < -0.39 is 0 Å².